The average Bonchev–Trinajstić information content (AvgIpc) is 3.40. The molecule has 4 heterocycles. The fourth-order valence-electron chi connectivity index (χ4n) is 5.39. The first-order valence-electron chi connectivity index (χ1n) is 14.5. The van der Waals surface area contributed by atoms with Gasteiger partial charge in [-0.1, -0.05) is 11.6 Å². The Labute approximate surface area is 242 Å². The van der Waals surface area contributed by atoms with Gasteiger partial charge in [-0.3, -0.25) is 14.4 Å². The number of rotatable bonds is 9. The Morgan fingerprint density at radius 1 is 1.15 bits per heavy atom. The van der Waals surface area contributed by atoms with Crippen molar-refractivity contribution >= 4 is 34.8 Å². The van der Waals surface area contributed by atoms with Gasteiger partial charge >= 0.3 is 0 Å². The quantitative estimate of drug-likeness (QED) is 0.357. The summed E-state index contributed by atoms with van der Waals surface area (Å²) in [5.41, 5.74) is 5.68. The molecule has 1 fully saturated rings. The van der Waals surface area contributed by atoms with Gasteiger partial charge < -0.3 is 20.4 Å². The number of hydrogen-bond donors (Lipinski definition) is 2. The van der Waals surface area contributed by atoms with Crippen LogP contribution in [0.4, 0.5) is 0 Å². The third-order valence-corrected chi connectivity index (χ3v) is 8.12. The molecule has 2 aromatic rings. The Kier molecular flexibility index (Phi) is 9.75. The minimum atomic E-state index is -0.198. The molecule has 0 unspecified atom stereocenters. The molecule has 2 N–H and O–H groups in total. The van der Waals surface area contributed by atoms with Crippen LogP contribution in [-0.4, -0.2) is 82.6 Å². The molecule has 0 saturated carbocycles. The second kappa shape index (κ2) is 13.2. The first-order chi connectivity index (χ1) is 19.6. The molecule has 0 spiro atoms. The largest absolute Gasteiger partial charge is 0.348 e. The Balaban J connectivity index is 1.56. The standard InChI is InChI=1S/C31H43N7O3/c1-20(2)38-29-27(18-34-38)26(30(40)32-17-22(4)21(3)15-23(5)33-19-39)16-28(35-29)24-9-13-37(14-10-24)31(41)25-7-11-36(6)12-8-25/h9,15-16,18-20,25H,7-8,10-14,17H2,1-6H3,(H,32,40)(H,33,39)/b22-21+,23-15-. The number of hydrogen-bond acceptors (Lipinski definition) is 6. The van der Waals surface area contributed by atoms with Gasteiger partial charge in [-0.05, 0) is 97.3 Å². The van der Waals surface area contributed by atoms with Crippen LogP contribution in [0.2, 0.25) is 0 Å². The lowest BCUT2D eigenvalue weighted by Gasteiger charge is -2.34. The van der Waals surface area contributed by atoms with Crippen molar-refractivity contribution < 1.29 is 14.4 Å². The number of amides is 3. The number of pyridine rings is 1. The minimum absolute atomic E-state index is 0.0805. The van der Waals surface area contributed by atoms with Crippen LogP contribution in [0.15, 0.2) is 41.3 Å². The fourth-order valence-corrected chi connectivity index (χ4v) is 5.39. The van der Waals surface area contributed by atoms with Crippen molar-refractivity contribution in [3.8, 4) is 0 Å². The normalized spacial score (nSPS) is 17.9. The highest BCUT2D eigenvalue weighted by Gasteiger charge is 2.29. The van der Waals surface area contributed by atoms with Crippen molar-refractivity contribution in [3.05, 3.63) is 52.5 Å². The Morgan fingerprint density at radius 2 is 1.88 bits per heavy atom. The molecule has 0 atom stereocenters. The highest BCUT2D eigenvalue weighted by Crippen LogP contribution is 2.29. The SMILES string of the molecule is C/C(=C/C(C)=C(\C)CNC(=O)c1cc(C2=CCN(C(=O)C3CCN(C)CC3)CC2)nc2c1cnn2C(C)C)NC=O. The molecule has 41 heavy (non-hydrogen) atoms. The van der Waals surface area contributed by atoms with Crippen LogP contribution in [0.5, 0.6) is 0 Å². The van der Waals surface area contributed by atoms with E-state index in [2.05, 4.69) is 33.8 Å². The topological polar surface area (TPSA) is 112 Å². The number of likely N-dealkylation sites (tertiary alicyclic amines) is 1. The van der Waals surface area contributed by atoms with Gasteiger partial charge in [-0.25, -0.2) is 9.67 Å². The Morgan fingerprint density at radius 3 is 2.51 bits per heavy atom. The van der Waals surface area contributed by atoms with E-state index in [9.17, 15) is 14.4 Å². The number of allylic oxidation sites excluding steroid dienone is 3. The number of aromatic nitrogens is 3. The molecule has 0 aromatic carbocycles. The zero-order chi connectivity index (χ0) is 29.7. The van der Waals surface area contributed by atoms with Crippen LogP contribution in [0.3, 0.4) is 0 Å². The lowest BCUT2D eigenvalue weighted by Crippen LogP contribution is -2.43. The van der Waals surface area contributed by atoms with Crippen molar-refractivity contribution in [2.24, 2.45) is 5.92 Å². The maximum Gasteiger partial charge on any atom is 0.252 e. The molecule has 2 aliphatic rings. The molecule has 10 nitrogen and oxygen atoms in total. The third-order valence-electron chi connectivity index (χ3n) is 8.12. The van der Waals surface area contributed by atoms with Gasteiger partial charge in [0.2, 0.25) is 12.3 Å². The highest BCUT2D eigenvalue weighted by atomic mass is 16.2. The van der Waals surface area contributed by atoms with E-state index in [0.717, 1.165) is 54.0 Å². The molecular formula is C31H43N7O3. The average molecular weight is 562 g/mol. The molecule has 1 saturated heterocycles. The van der Waals surface area contributed by atoms with Gasteiger partial charge in [0.25, 0.3) is 5.91 Å². The predicted molar refractivity (Wildman–Crippen MR) is 161 cm³/mol. The predicted octanol–water partition coefficient (Wildman–Crippen LogP) is 3.69. The van der Waals surface area contributed by atoms with Gasteiger partial charge in [0, 0.05) is 37.3 Å². The second-order valence-electron chi connectivity index (χ2n) is 11.6. The van der Waals surface area contributed by atoms with Crippen molar-refractivity contribution in [1.82, 2.24) is 35.2 Å². The summed E-state index contributed by atoms with van der Waals surface area (Å²) in [4.78, 5) is 46.5. The summed E-state index contributed by atoms with van der Waals surface area (Å²) in [6.45, 7) is 13.3. The summed E-state index contributed by atoms with van der Waals surface area (Å²) in [6.07, 6.45) is 8.84. The maximum absolute atomic E-state index is 13.5. The number of fused-ring (bicyclic) bond motifs is 1. The smallest absolute Gasteiger partial charge is 0.252 e. The van der Waals surface area contributed by atoms with Gasteiger partial charge in [0.05, 0.1) is 22.8 Å². The number of carbonyl (C=O) groups excluding carboxylic acids is 3. The molecule has 2 aliphatic heterocycles. The molecule has 2 aromatic heterocycles. The highest BCUT2D eigenvalue weighted by molar-refractivity contribution is 6.06. The van der Waals surface area contributed by atoms with Crippen LogP contribution in [0.1, 0.15) is 76.0 Å². The first kappa shape index (κ1) is 30.2. The number of carbonyl (C=O) groups is 3. The van der Waals surface area contributed by atoms with Crippen molar-refractivity contribution in [2.75, 3.05) is 39.8 Å². The molecule has 3 amide bonds. The number of piperidine rings is 1. The summed E-state index contributed by atoms with van der Waals surface area (Å²) in [7, 11) is 2.10. The lowest BCUT2D eigenvalue weighted by molar-refractivity contribution is -0.136. The van der Waals surface area contributed by atoms with E-state index in [1.54, 1.807) is 6.20 Å². The van der Waals surface area contributed by atoms with E-state index in [1.807, 2.05) is 56.3 Å². The Bertz CT molecular complexity index is 1390. The summed E-state index contributed by atoms with van der Waals surface area (Å²) in [5.74, 6) is 0.157. The molecule has 4 rings (SSSR count). The summed E-state index contributed by atoms with van der Waals surface area (Å²) in [5, 5.41) is 10.9. The van der Waals surface area contributed by atoms with E-state index >= 15 is 0 Å². The van der Waals surface area contributed by atoms with Gasteiger partial charge in [-0.15, -0.1) is 0 Å². The molecular weight excluding hydrogens is 518 g/mol. The lowest BCUT2D eigenvalue weighted by atomic mass is 9.94. The van der Waals surface area contributed by atoms with Crippen LogP contribution in [0.25, 0.3) is 16.6 Å². The zero-order valence-electron chi connectivity index (χ0n) is 25.2. The van der Waals surface area contributed by atoms with Crippen molar-refractivity contribution in [1.29, 1.82) is 0 Å². The minimum Gasteiger partial charge on any atom is -0.348 e. The molecule has 10 heteroatoms. The number of nitrogens with one attached hydrogen (secondary N) is 2. The van der Waals surface area contributed by atoms with E-state index in [4.69, 9.17) is 4.98 Å². The first-order valence-corrected chi connectivity index (χ1v) is 14.5. The summed E-state index contributed by atoms with van der Waals surface area (Å²) in [6, 6.07) is 1.94. The zero-order valence-corrected chi connectivity index (χ0v) is 25.2. The van der Waals surface area contributed by atoms with Crippen molar-refractivity contribution in [3.63, 3.8) is 0 Å². The molecule has 0 aliphatic carbocycles. The van der Waals surface area contributed by atoms with Crippen LogP contribution < -0.4 is 10.6 Å². The monoisotopic (exact) mass is 561 g/mol. The van der Waals surface area contributed by atoms with Gasteiger partial charge in [0.15, 0.2) is 5.65 Å². The summed E-state index contributed by atoms with van der Waals surface area (Å²) >= 11 is 0. The van der Waals surface area contributed by atoms with Gasteiger partial charge in [0.1, 0.15) is 0 Å². The van der Waals surface area contributed by atoms with Crippen molar-refractivity contribution in [2.45, 2.75) is 59.9 Å². The van der Waals surface area contributed by atoms with Crippen LogP contribution in [-0.2, 0) is 9.59 Å². The Hall–Kier alpha value is -3.79. The van der Waals surface area contributed by atoms with Crippen LogP contribution >= 0.6 is 0 Å². The second-order valence-corrected chi connectivity index (χ2v) is 11.6. The molecule has 0 radical (unpaired) electrons. The van der Waals surface area contributed by atoms with E-state index < -0.39 is 0 Å². The van der Waals surface area contributed by atoms with E-state index in [1.165, 1.54) is 0 Å². The van der Waals surface area contributed by atoms with Crippen LogP contribution in [0, 0.1) is 5.92 Å². The summed E-state index contributed by atoms with van der Waals surface area (Å²) < 4.78 is 1.85. The number of nitrogens with zero attached hydrogens (tertiary/aromatic N) is 5. The maximum atomic E-state index is 13.5. The van der Waals surface area contributed by atoms with Gasteiger partial charge in [-0.2, -0.15) is 5.10 Å². The third kappa shape index (κ3) is 7.11. The van der Waals surface area contributed by atoms with E-state index in [0.29, 0.717) is 49.1 Å². The van der Waals surface area contributed by atoms with E-state index in [-0.39, 0.29) is 23.8 Å². The molecule has 0 bridgehead atoms. The molecule has 220 valence electrons. The fraction of sp³-hybridized carbons (Fsp3) is 0.516.